The van der Waals surface area contributed by atoms with Gasteiger partial charge in [0.1, 0.15) is 4.88 Å². The molecule has 0 unspecified atom stereocenters. The third-order valence-electron chi connectivity index (χ3n) is 3.31. The summed E-state index contributed by atoms with van der Waals surface area (Å²) in [4.78, 5) is 6.55. The monoisotopic (exact) mass is 328 g/mol. The molecule has 3 aromatic heterocycles. The summed E-state index contributed by atoms with van der Waals surface area (Å²) in [7, 11) is 0. The first-order valence-electron chi connectivity index (χ1n) is 6.72. The van der Waals surface area contributed by atoms with Crippen molar-refractivity contribution >= 4 is 39.1 Å². The van der Waals surface area contributed by atoms with Gasteiger partial charge in [-0.1, -0.05) is 41.3 Å². The zero-order valence-electron chi connectivity index (χ0n) is 11.8. The van der Waals surface area contributed by atoms with Crippen LogP contribution in [0, 0.1) is 6.92 Å². The molecular weight excluding hydrogens is 316 g/mol. The van der Waals surface area contributed by atoms with E-state index in [1.807, 2.05) is 31.2 Å². The van der Waals surface area contributed by atoms with Gasteiger partial charge in [-0.25, -0.2) is 4.98 Å². The largest absolute Gasteiger partial charge is 0.410 e. The number of hydrogen-bond acceptors (Lipinski definition) is 6. The number of aryl methyl sites for hydroxylation is 1. The van der Waals surface area contributed by atoms with Gasteiger partial charge >= 0.3 is 0 Å². The molecule has 4 aromatic rings. The molecule has 0 N–H and O–H groups in total. The van der Waals surface area contributed by atoms with Crippen LogP contribution < -0.4 is 0 Å². The number of para-hydroxylation sites is 2. The molecule has 0 saturated heterocycles. The maximum Gasteiger partial charge on any atom is 0.277 e. The molecule has 0 bridgehead atoms. The predicted octanol–water partition coefficient (Wildman–Crippen LogP) is 4.19. The lowest BCUT2D eigenvalue weighted by Gasteiger charge is -1.95. The third-order valence-corrected chi connectivity index (χ3v) is 5.26. The van der Waals surface area contributed by atoms with Gasteiger partial charge in [-0.3, -0.25) is 4.40 Å². The van der Waals surface area contributed by atoms with Gasteiger partial charge in [0.25, 0.3) is 11.1 Å². The number of aromatic nitrogens is 4. The minimum atomic E-state index is 0.545. The molecule has 0 amide bonds. The van der Waals surface area contributed by atoms with Gasteiger partial charge in [-0.15, -0.1) is 16.8 Å². The first-order valence-corrected chi connectivity index (χ1v) is 8.52. The SMILES string of the molecule is C=CCSc1nnc(-c2sc3nc4ccccc4n3c2C)o1. The second-order valence-electron chi connectivity index (χ2n) is 4.71. The van der Waals surface area contributed by atoms with Crippen molar-refractivity contribution in [3.05, 3.63) is 42.6 Å². The number of thioether (sulfide) groups is 1. The Labute approximate surface area is 134 Å². The fraction of sp³-hybridized carbons (Fsp3) is 0.133. The summed E-state index contributed by atoms with van der Waals surface area (Å²) in [5, 5.41) is 8.78. The normalized spacial score (nSPS) is 11.5. The second kappa shape index (κ2) is 5.26. The fourth-order valence-electron chi connectivity index (χ4n) is 2.35. The summed E-state index contributed by atoms with van der Waals surface area (Å²) in [5.74, 6) is 1.29. The molecule has 0 fully saturated rings. The van der Waals surface area contributed by atoms with Crippen LogP contribution in [0.4, 0.5) is 0 Å². The zero-order valence-corrected chi connectivity index (χ0v) is 13.4. The van der Waals surface area contributed by atoms with Crippen LogP contribution in [0.3, 0.4) is 0 Å². The standard InChI is InChI=1S/C15H12N4OS2/c1-3-8-21-15-18-17-13(20-15)12-9(2)19-11-7-5-4-6-10(11)16-14(19)22-12/h3-7H,1,8H2,2H3. The van der Waals surface area contributed by atoms with Gasteiger partial charge in [0.05, 0.1) is 11.0 Å². The number of nitrogens with zero attached hydrogens (tertiary/aromatic N) is 4. The van der Waals surface area contributed by atoms with Crippen LogP contribution in [0.25, 0.3) is 26.8 Å². The fourth-order valence-corrected chi connectivity index (χ4v) is 3.91. The van der Waals surface area contributed by atoms with E-state index in [1.165, 1.54) is 11.8 Å². The van der Waals surface area contributed by atoms with Crippen LogP contribution >= 0.6 is 23.1 Å². The van der Waals surface area contributed by atoms with Gasteiger partial charge in [0.15, 0.2) is 4.96 Å². The van der Waals surface area contributed by atoms with E-state index in [1.54, 1.807) is 11.3 Å². The second-order valence-corrected chi connectivity index (χ2v) is 6.66. The van der Waals surface area contributed by atoms with Crippen molar-refractivity contribution in [1.29, 1.82) is 0 Å². The molecule has 0 aliphatic heterocycles. The van der Waals surface area contributed by atoms with Gasteiger partial charge < -0.3 is 4.42 Å². The molecule has 0 spiro atoms. The van der Waals surface area contributed by atoms with E-state index in [0.717, 1.165) is 32.3 Å². The Balaban J connectivity index is 1.83. The molecule has 0 radical (unpaired) electrons. The summed E-state index contributed by atoms with van der Waals surface area (Å²) in [6.45, 7) is 5.73. The van der Waals surface area contributed by atoms with E-state index >= 15 is 0 Å². The van der Waals surface area contributed by atoms with Crippen molar-refractivity contribution in [2.24, 2.45) is 0 Å². The van der Waals surface area contributed by atoms with E-state index in [4.69, 9.17) is 4.42 Å². The highest BCUT2D eigenvalue weighted by Gasteiger charge is 2.19. The smallest absolute Gasteiger partial charge is 0.277 e. The van der Waals surface area contributed by atoms with Crippen molar-refractivity contribution in [3.8, 4) is 10.8 Å². The Morgan fingerprint density at radius 2 is 2.23 bits per heavy atom. The molecule has 0 aliphatic carbocycles. The molecule has 4 rings (SSSR count). The summed E-state index contributed by atoms with van der Waals surface area (Å²) in [5.41, 5.74) is 3.16. The molecule has 22 heavy (non-hydrogen) atoms. The van der Waals surface area contributed by atoms with Crippen molar-refractivity contribution in [2.45, 2.75) is 12.1 Å². The summed E-state index contributed by atoms with van der Waals surface area (Å²) >= 11 is 3.04. The van der Waals surface area contributed by atoms with Crippen LogP contribution in [0.5, 0.6) is 0 Å². The molecule has 3 heterocycles. The topological polar surface area (TPSA) is 56.2 Å². The number of thiazole rings is 1. The minimum absolute atomic E-state index is 0.545. The first-order chi connectivity index (χ1) is 10.8. The molecular formula is C15H12N4OS2. The number of hydrogen-bond donors (Lipinski definition) is 0. The predicted molar refractivity (Wildman–Crippen MR) is 89.5 cm³/mol. The number of fused-ring (bicyclic) bond motifs is 3. The van der Waals surface area contributed by atoms with Crippen molar-refractivity contribution in [2.75, 3.05) is 5.75 Å². The minimum Gasteiger partial charge on any atom is -0.410 e. The first kappa shape index (κ1) is 13.5. The molecule has 0 saturated carbocycles. The summed E-state index contributed by atoms with van der Waals surface area (Å²) in [6, 6.07) is 8.10. The average Bonchev–Trinajstić information content (AvgIpc) is 3.20. The Morgan fingerprint density at radius 1 is 1.36 bits per heavy atom. The van der Waals surface area contributed by atoms with Gasteiger partial charge in [-0.05, 0) is 19.1 Å². The van der Waals surface area contributed by atoms with Crippen molar-refractivity contribution in [3.63, 3.8) is 0 Å². The number of benzene rings is 1. The number of imidazole rings is 1. The van der Waals surface area contributed by atoms with Gasteiger partial charge in [0.2, 0.25) is 0 Å². The zero-order chi connectivity index (χ0) is 15.1. The van der Waals surface area contributed by atoms with E-state index in [9.17, 15) is 0 Å². The Kier molecular flexibility index (Phi) is 3.24. The molecule has 0 atom stereocenters. The number of rotatable bonds is 4. The summed E-state index contributed by atoms with van der Waals surface area (Å²) < 4.78 is 7.86. The van der Waals surface area contributed by atoms with E-state index in [2.05, 4.69) is 32.2 Å². The maximum absolute atomic E-state index is 5.73. The lowest BCUT2D eigenvalue weighted by atomic mass is 10.3. The molecule has 0 aliphatic rings. The van der Waals surface area contributed by atoms with Gasteiger partial charge in [0, 0.05) is 11.4 Å². The highest BCUT2D eigenvalue weighted by molar-refractivity contribution is 7.99. The van der Waals surface area contributed by atoms with Gasteiger partial charge in [-0.2, -0.15) is 0 Å². The van der Waals surface area contributed by atoms with Crippen LogP contribution in [0.2, 0.25) is 0 Å². The molecule has 5 nitrogen and oxygen atoms in total. The Bertz CT molecular complexity index is 982. The quantitative estimate of drug-likeness (QED) is 0.415. The third kappa shape index (κ3) is 2.05. The van der Waals surface area contributed by atoms with Crippen LogP contribution in [-0.2, 0) is 0 Å². The maximum atomic E-state index is 5.73. The highest BCUT2D eigenvalue weighted by Crippen LogP contribution is 2.35. The average molecular weight is 328 g/mol. The van der Waals surface area contributed by atoms with Crippen molar-refractivity contribution < 1.29 is 4.42 Å². The van der Waals surface area contributed by atoms with Crippen LogP contribution in [0.1, 0.15) is 5.69 Å². The highest BCUT2D eigenvalue weighted by atomic mass is 32.2. The Morgan fingerprint density at radius 3 is 3.09 bits per heavy atom. The molecule has 110 valence electrons. The van der Waals surface area contributed by atoms with E-state index < -0.39 is 0 Å². The molecule has 7 heteroatoms. The Hall–Kier alpha value is -2.12. The lowest BCUT2D eigenvalue weighted by Crippen LogP contribution is -1.85. The van der Waals surface area contributed by atoms with Crippen molar-refractivity contribution in [1.82, 2.24) is 19.6 Å². The molecule has 1 aromatic carbocycles. The van der Waals surface area contributed by atoms with Crippen LogP contribution in [0.15, 0.2) is 46.6 Å². The van der Waals surface area contributed by atoms with E-state index in [0.29, 0.717) is 11.1 Å². The van der Waals surface area contributed by atoms with Crippen LogP contribution in [-0.4, -0.2) is 25.3 Å². The summed E-state index contributed by atoms with van der Waals surface area (Å²) in [6.07, 6.45) is 1.81. The van der Waals surface area contributed by atoms with E-state index in [-0.39, 0.29) is 0 Å². The lowest BCUT2D eigenvalue weighted by molar-refractivity contribution is 0.467.